The molecule has 7 heteroatoms. The van der Waals surface area contributed by atoms with Gasteiger partial charge in [0.2, 0.25) is 5.60 Å². The molecule has 0 amide bonds. The summed E-state index contributed by atoms with van der Waals surface area (Å²) in [7, 11) is 1.40. The molecule has 0 aliphatic carbocycles. The number of aromatic nitrogens is 1. The van der Waals surface area contributed by atoms with Gasteiger partial charge in [-0.15, -0.1) is 0 Å². The Labute approximate surface area is 109 Å². The molecule has 1 aromatic rings. The summed E-state index contributed by atoms with van der Waals surface area (Å²) in [6.07, 6.45) is 1.46. The van der Waals surface area contributed by atoms with Gasteiger partial charge in [-0.05, 0) is 12.1 Å². The molecular weight excluding hydrogens is 255 g/mol. The maximum absolute atomic E-state index is 13.7. The quantitative estimate of drug-likeness (QED) is 0.860. The van der Waals surface area contributed by atoms with Crippen LogP contribution in [0.25, 0.3) is 0 Å². The van der Waals surface area contributed by atoms with E-state index in [1.165, 1.54) is 25.4 Å². The van der Waals surface area contributed by atoms with E-state index in [0.29, 0.717) is 6.54 Å². The maximum atomic E-state index is 13.7. The molecule has 1 atom stereocenters. The van der Waals surface area contributed by atoms with E-state index >= 15 is 0 Å². The van der Waals surface area contributed by atoms with Crippen molar-refractivity contribution in [1.29, 1.82) is 0 Å². The Morgan fingerprint density at radius 3 is 3.16 bits per heavy atom. The van der Waals surface area contributed by atoms with Gasteiger partial charge in [0.05, 0.1) is 19.8 Å². The number of methoxy groups -OCH3 is 1. The van der Waals surface area contributed by atoms with Crippen molar-refractivity contribution < 1.29 is 23.8 Å². The van der Waals surface area contributed by atoms with Gasteiger partial charge in [-0.1, -0.05) is 0 Å². The largest absolute Gasteiger partial charge is 0.479 e. The van der Waals surface area contributed by atoms with E-state index in [0.717, 1.165) is 0 Å². The third-order valence-electron chi connectivity index (χ3n) is 2.99. The van der Waals surface area contributed by atoms with Crippen molar-refractivity contribution in [3.05, 3.63) is 24.1 Å². The number of carbonyl (C=O) groups is 1. The lowest BCUT2D eigenvalue weighted by molar-refractivity contribution is -0.175. The number of carboxylic acid groups (broad SMARTS) is 1. The second-order valence-electron chi connectivity index (χ2n) is 4.31. The number of carboxylic acids is 1. The summed E-state index contributed by atoms with van der Waals surface area (Å²) in [6, 6.07) is 2.77. The van der Waals surface area contributed by atoms with Gasteiger partial charge in [0.15, 0.2) is 11.6 Å². The molecule has 1 aliphatic rings. The molecule has 1 aromatic heterocycles. The monoisotopic (exact) mass is 270 g/mol. The zero-order chi connectivity index (χ0) is 13.9. The fourth-order valence-corrected chi connectivity index (χ4v) is 2.09. The Kier molecular flexibility index (Phi) is 3.96. The van der Waals surface area contributed by atoms with E-state index in [2.05, 4.69) is 4.98 Å². The van der Waals surface area contributed by atoms with E-state index in [1.807, 2.05) is 0 Å². The summed E-state index contributed by atoms with van der Waals surface area (Å²) in [6.45, 7) is 0.440. The zero-order valence-electron chi connectivity index (χ0n) is 10.5. The molecular formula is C12H15FN2O4. The second-order valence-corrected chi connectivity index (χ2v) is 4.31. The molecule has 0 radical (unpaired) electrons. The molecule has 1 N–H and O–H groups in total. The average Bonchev–Trinajstić information content (AvgIpc) is 2.39. The fraction of sp³-hybridized carbons (Fsp3) is 0.500. The summed E-state index contributed by atoms with van der Waals surface area (Å²) in [4.78, 5) is 16.9. The van der Waals surface area contributed by atoms with Crippen molar-refractivity contribution >= 4 is 11.8 Å². The summed E-state index contributed by atoms with van der Waals surface area (Å²) in [5, 5.41) is 9.31. The van der Waals surface area contributed by atoms with Crippen LogP contribution < -0.4 is 4.90 Å². The summed E-state index contributed by atoms with van der Waals surface area (Å²) in [5.74, 6) is -1.48. The summed E-state index contributed by atoms with van der Waals surface area (Å²) in [5.41, 5.74) is -1.49. The van der Waals surface area contributed by atoms with Gasteiger partial charge in [-0.3, -0.25) is 0 Å². The van der Waals surface area contributed by atoms with Gasteiger partial charge in [0.1, 0.15) is 0 Å². The molecule has 1 aliphatic heterocycles. The smallest absolute Gasteiger partial charge is 0.340 e. The van der Waals surface area contributed by atoms with Crippen molar-refractivity contribution in [3.63, 3.8) is 0 Å². The highest BCUT2D eigenvalue weighted by atomic mass is 19.1. The van der Waals surface area contributed by atoms with Crippen LogP contribution in [0.15, 0.2) is 18.3 Å². The Balaban J connectivity index is 2.25. The van der Waals surface area contributed by atoms with Crippen LogP contribution in [0.1, 0.15) is 0 Å². The molecule has 1 unspecified atom stereocenters. The molecule has 0 aromatic carbocycles. The molecule has 1 saturated heterocycles. The van der Waals surface area contributed by atoms with Crippen LogP contribution in [0.2, 0.25) is 0 Å². The number of ether oxygens (including phenoxy) is 2. The molecule has 1 fully saturated rings. The third-order valence-corrected chi connectivity index (χ3v) is 2.99. The van der Waals surface area contributed by atoms with E-state index in [1.54, 1.807) is 4.90 Å². The maximum Gasteiger partial charge on any atom is 0.340 e. The first-order valence-electron chi connectivity index (χ1n) is 5.81. The number of morpholine rings is 1. The van der Waals surface area contributed by atoms with Gasteiger partial charge < -0.3 is 19.5 Å². The van der Waals surface area contributed by atoms with Crippen molar-refractivity contribution in [3.8, 4) is 0 Å². The zero-order valence-corrected chi connectivity index (χ0v) is 10.5. The Bertz CT molecular complexity index is 467. The first-order chi connectivity index (χ1) is 9.09. The standard InChI is InChI=1S/C12H15FN2O4/c1-18-8-12(11(16)17)7-15(5-6-19-12)10-9(13)3-2-4-14-10/h2-4H,5-8H2,1H3,(H,16,17). The number of hydrogen-bond donors (Lipinski definition) is 1. The lowest BCUT2D eigenvalue weighted by Crippen LogP contribution is -2.59. The predicted molar refractivity (Wildman–Crippen MR) is 64.6 cm³/mol. The minimum absolute atomic E-state index is 0.00981. The normalized spacial score (nSPS) is 23.4. The van der Waals surface area contributed by atoms with Gasteiger partial charge in [-0.25, -0.2) is 14.2 Å². The number of rotatable bonds is 4. The summed E-state index contributed by atoms with van der Waals surface area (Å²) >= 11 is 0. The number of nitrogens with zero attached hydrogens (tertiary/aromatic N) is 2. The first kappa shape index (κ1) is 13.7. The van der Waals surface area contributed by atoms with E-state index < -0.39 is 17.4 Å². The molecule has 6 nitrogen and oxygen atoms in total. The Morgan fingerprint density at radius 2 is 2.53 bits per heavy atom. The van der Waals surface area contributed by atoms with Crippen LogP contribution in [0.3, 0.4) is 0 Å². The molecule has 19 heavy (non-hydrogen) atoms. The van der Waals surface area contributed by atoms with Crippen molar-refractivity contribution in [2.24, 2.45) is 0 Å². The number of aliphatic carboxylic acids is 1. The highest BCUT2D eigenvalue weighted by molar-refractivity contribution is 5.79. The van der Waals surface area contributed by atoms with Crippen LogP contribution in [0, 0.1) is 5.82 Å². The molecule has 0 spiro atoms. The van der Waals surface area contributed by atoms with Crippen molar-refractivity contribution in [2.45, 2.75) is 5.60 Å². The molecule has 104 valence electrons. The van der Waals surface area contributed by atoms with Gasteiger partial charge >= 0.3 is 5.97 Å². The lowest BCUT2D eigenvalue weighted by atomic mass is 10.0. The number of pyridine rings is 1. The minimum atomic E-state index is -1.49. The van der Waals surface area contributed by atoms with Gasteiger partial charge in [0.25, 0.3) is 0 Å². The van der Waals surface area contributed by atoms with Crippen molar-refractivity contribution in [2.75, 3.05) is 38.3 Å². The Hall–Kier alpha value is -1.73. The predicted octanol–water partition coefficient (Wildman–Crippen LogP) is 0.527. The fourth-order valence-electron chi connectivity index (χ4n) is 2.09. The van der Waals surface area contributed by atoms with Gasteiger partial charge in [0, 0.05) is 19.9 Å². The number of hydrogen-bond acceptors (Lipinski definition) is 5. The number of halogens is 1. The van der Waals surface area contributed by atoms with E-state index in [9.17, 15) is 14.3 Å². The minimum Gasteiger partial charge on any atom is -0.479 e. The molecule has 2 rings (SSSR count). The lowest BCUT2D eigenvalue weighted by Gasteiger charge is -2.39. The molecule has 0 saturated carbocycles. The van der Waals surface area contributed by atoms with Gasteiger partial charge in [-0.2, -0.15) is 0 Å². The topological polar surface area (TPSA) is 71.9 Å². The second kappa shape index (κ2) is 5.50. The van der Waals surface area contributed by atoms with Crippen LogP contribution in [0.4, 0.5) is 10.2 Å². The average molecular weight is 270 g/mol. The van der Waals surface area contributed by atoms with Crippen LogP contribution in [-0.4, -0.2) is 55.1 Å². The Morgan fingerprint density at radius 1 is 1.74 bits per heavy atom. The van der Waals surface area contributed by atoms with E-state index in [4.69, 9.17) is 9.47 Å². The van der Waals surface area contributed by atoms with Crippen molar-refractivity contribution in [1.82, 2.24) is 4.98 Å². The van der Waals surface area contributed by atoms with E-state index in [-0.39, 0.29) is 25.6 Å². The molecule has 2 heterocycles. The highest BCUT2D eigenvalue weighted by Gasteiger charge is 2.45. The third kappa shape index (κ3) is 2.66. The SMILES string of the molecule is COCC1(C(=O)O)CN(c2ncccc2F)CCO1. The first-order valence-corrected chi connectivity index (χ1v) is 5.81. The summed E-state index contributed by atoms with van der Waals surface area (Å²) < 4.78 is 23.9. The highest BCUT2D eigenvalue weighted by Crippen LogP contribution is 2.24. The van der Waals surface area contributed by atoms with Crippen LogP contribution in [-0.2, 0) is 14.3 Å². The van der Waals surface area contributed by atoms with Crippen LogP contribution in [0.5, 0.6) is 0 Å². The van der Waals surface area contributed by atoms with Crippen LogP contribution >= 0.6 is 0 Å². The molecule has 0 bridgehead atoms. The number of anilines is 1.